The lowest BCUT2D eigenvalue weighted by Gasteiger charge is -2.19. The number of hydroxylamine groups is 2. The van der Waals surface area contributed by atoms with Crippen molar-refractivity contribution < 1.29 is 47.9 Å². The van der Waals surface area contributed by atoms with Crippen molar-refractivity contribution in [3.63, 3.8) is 0 Å². The lowest BCUT2D eigenvalue weighted by Crippen LogP contribution is -2.33. The first kappa shape index (κ1) is 31.0. The summed E-state index contributed by atoms with van der Waals surface area (Å²) in [6, 6.07) is 8.19. The molecule has 0 spiro atoms. The minimum absolute atomic E-state index is 0.0380. The second-order valence-corrected chi connectivity index (χ2v) is 9.41. The zero-order valence-corrected chi connectivity index (χ0v) is 22.6. The van der Waals surface area contributed by atoms with Gasteiger partial charge in [0.25, 0.3) is 29.9 Å². The topological polar surface area (TPSA) is 166 Å². The van der Waals surface area contributed by atoms with Crippen molar-refractivity contribution in [2.45, 2.75) is 70.5 Å². The monoisotopic (exact) mass is 571 g/mol. The maximum atomic E-state index is 12.4. The molecule has 1 aromatic carbocycles. The van der Waals surface area contributed by atoms with E-state index < -0.39 is 30.2 Å². The lowest BCUT2D eigenvalue weighted by atomic mass is 10.1. The molecule has 13 heteroatoms. The number of rotatable bonds is 16. The first-order valence-corrected chi connectivity index (χ1v) is 13.5. The Hall–Kier alpha value is -4.55. The van der Waals surface area contributed by atoms with Crippen molar-refractivity contribution in [1.29, 1.82) is 0 Å². The van der Waals surface area contributed by atoms with Crippen LogP contribution in [0.3, 0.4) is 0 Å². The molecule has 0 aromatic heterocycles. The molecule has 1 aromatic rings. The Balaban J connectivity index is 1.28. The predicted molar refractivity (Wildman–Crippen MR) is 140 cm³/mol. The molecule has 1 atom stereocenters. The van der Waals surface area contributed by atoms with Crippen LogP contribution >= 0.6 is 0 Å². The highest BCUT2D eigenvalue weighted by Crippen LogP contribution is 2.22. The molecule has 0 saturated carbocycles. The van der Waals surface area contributed by atoms with Gasteiger partial charge in [-0.1, -0.05) is 48.2 Å². The summed E-state index contributed by atoms with van der Waals surface area (Å²) in [7, 11) is 0. The first-order chi connectivity index (χ1) is 19.7. The second-order valence-electron chi connectivity index (χ2n) is 9.41. The van der Waals surface area contributed by atoms with Gasteiger partial charge < -0.3 is 14.8 Å². The fourth-order valence-corrected chi connectivity index (χ4v) is 4.06. The molecule has 41 heavy (non-hydrogen) atoms. The summed E-state index contributed by atoms with van der Waals surface area (Å²) in [6.07, 6.45) is 3.69. The van der Waals surface area contributed by atoms with Gasteiger partial charge in [0, 0.05) is 56.5 Å². The van der Waals surface area contributed by atoms with Crippen molar-refractivity contribution in [2.75, 3.05) is 13.1 Å². The van der Waals surface area contributed by atoms with Crippen LogP contribution in [-0.2, 0) is 43.1 Å². The third-order valence-electron chi connectivity index (χ3n) is 6.25. The molecule has 1 unspecified atom stereocenters. The van der Waals surface area contributed by atoms with Gasteiger partial charge in [0.2, 0.25) is 5.91 Å². The van der Waals surface area contributed by atoms with E-state index in [2.05, 4.69) is 5.32 Å². The van der Waals surface area contributed by atoms with E-state index in [-0.39, 0.29) is 37.0 Å². The number of hydrogen-bond acceptors (Lipinski definition) is 10. The number of ether oxygens (including phenoxy) is 2. The summed E-state index contributed by atoms with van der Waals surface area (Å²) >= 11 is 0. The third kappa shape index (κ3) is 10.2. The minimum atomic E-state index is -1.43. The van der Waals surface area contributed by atoms with Gasteiger partial charge in [-0.2, -0.15) is 0 Å². The van der Waals surface area contributed by atoms with Crippen LogP contribution in [0.15, 0.2) is 42.5 Å². The minimum Gasteiger partial charge on any atom is -0.420 e. The van der Waals surface area contributed by atoms with Crippen LogP contribution in [0.2, 0.25) is 0 Å². The summed E-state index contributed by atoms with van der Waals surface area (Å²) < 4.78 is 10.4. The van der Waals surface area contributed by atoms with Crippen LogP contribution in [0.4, 0.5) is 4.79 Å². The Morgan fingerprint density at radius 3 is 2.10 bits per heavy atom. The Morgan fingerprint density at radius 1 is 0.780 bits per heavy atom. The van der Waals surface area contributed by atoms with Gasteiger partial charge in [-0.3, -0.25) is 38.5 Å². The number of benzene rings is 1. The molecule has 1 saturated heterocycles. The van der Waals surface area contributed by atoms with Crippen molar-refractivity contribution in [1.82, 2.24) is 15.3 Å². The molecule has 5 amide bonds. The van der Waals surface area contributed by atoms with Gasteiger partial charge in [0.05, 0.1) is 0 Å². The van der Waals surface area contributed by atoms with E-state index in [0.717, 1.165) is 0 Å². The summed E-state index contributed by atoms with van der Waals surface area (Å²) in [4.78, 5) is 88.7. The molecule has 1 N–H and O–H groups in total. The molecular formula is C28H33N3O10. The van der Waals surface area contributed by atoms with E-state index in [9.17, 15) is 33.6 Å². The average Bonchev–Trinajstić information content (AvgIpc) is 3.45. The SMILES string of the molecule is O=C(CCCCCN1C(=O)C=CC1=O)NCCCCCC(=O)OC(OC(=O)ON1C(=O)CCC1=O)c1ccccc1. The number of carbonyl (C=O) groups excluding carboxylic acids is 7. The van der Waals surface area contributed by atoms with E-state index in [1.54, 1.807) is 30.3 Å². The van der Waals surface area contributed by atoms with Gasteiger partial charge in [0.1, 0.15) is 0 Å². The van der Waals surface area contributed by atoms with Gasteiger partial charge in [-0.15, -0.1) is 0 Å². The molecule has 13 nitrogen and oxygen atoms in total. The number of unbranched alkanes of at least 4 members (excludes halogenated alkanes) is 4. The zero-order chi connectivity index (χ0) is 29.6. The fraction of sp³-hybridized carbons (Fsp3) is 0.464. The fourth-order valence-electron chi connectivity index (χ4n) is 4.06. The van der Waals surface area contributed by atoms with Crippen LogP contribution in [0, 0.1) is 0 Å². The molecular weight excluding hydrogens is 538 g/mol. The van der Waals surface area contributed by atoms with Crippen molar-refractivity contribution in [3.8, 4) is 0 Å². The average molecular weight is 572 g/mol. The molecule has 2 heterocycles. The number of nitrogens with zero attached hydrogens (tertiary/aromatic N) is 2. The Kier molecular flexibility index (Phi) is 12.0. The zero-order valence-electron chi connectivity index (χ0n) is 22.6. The molecule has 2 aliphatic rings. The normalized spacial score (nSPS) is 15.3. The quantitative estimate of drug-likeness (QED) is 0.135. The van der Waals surface area contributed by atoms with Crippen LogP contribution in [0.1, 0.15) is 76.1 Å². The van der Waals surface area contributed by atoms with Crippen LogP contribution < -0.4 is 5.32 Å². The highest BCUT2D eigenvalue weighted by molar-refractivity contribution is 6.12. The van der Waals surface area contributed by atoms with Gasteiger partial charge in [0.15, 0.2) is 0 Å². The Bertz CT molecular complexity index is 1130. The first-order valence-electron chi connectivity index (χ1n) is 13.5. The van der Waals surface area contributed by atoms with Gasteiger partial charge >= 0.3 is 12.1 Å². The summed E-state index contributed by atoms with van der Waals surface area (Å²) in [6.45, 7) is 0.795. The maximum Gasteiger partial charge on any atom is 0.537 e. The number of nitrogens with one attached hydrogen (secondary N) is 1. The summed E-state index contributed by atoms with van der Waals surface area (Å²) in [5, 5.41) is 3.16. The summed E-state index contributed by atoms with van der Waals surface area (Å²) in [5.41, 5.74) is 0.356. The Labute approximate surface area is 236 Å². The maximum absolute atomic E-state index is 12.4. The predicted octanol–water partition coefficient (Wildman–Crippen LogP) is 2.61. The Morgan fingerprint density at radius 2 is 1.41 bits per heavy atom. The molecule has 0 bridgehead atoms. The number of amides is 5. The highest BCUT2D eigenvalue weighted by atomic mass is 16.9. The molecule has 220 valence electrons. The molecule has 0 aliphatic carbocycles. The highest BCUT2D eigenvalue weighted by Gasteiger charge is 2.34. The number of imide groups is 2. The molecule has 3 rings (SSSR count). The largest absolute Gasteiger partial charge is 0.537 e. The van der Waals surface area contributed by atoms with Crippen molar-refractivity contribution in [2.24, 2.45) is 0 Å². The second kappa shape index (κ2) is 15.9. The van der Waals surface area contributed by atoms with Gasteiger partial charge in [-0.25, -0.2) is 4.79 Å². The van der Waals surface area contributed by atoms with Crippen LogP contribution in [0.25, 0.3) is 0 Å². The van der Waals surface area contributed by atoms with E-state index in [4.69, 9.17) is 14.3 Å². The molecule has 1 fully saturated rings. The third-order valence-corrected chi connectivity index (χ3v) is 6.25. The molecule has 0 radical (unpaired) electrons. The van der Waals surface area contributed by atoms with E-state index in [0.29, 0.717) is 68.7 Å². The lowest BCUT2D eigenvalue weighted by molar-refractivity contribution is -0.195. The van der Waals surface area contributed by atoms with E-state index >= 15 is 0 Å². The number of hydrogen-bond donors (Lipinski definition) is 1. The van der Waals surface area contributed by atoms with E-state index in [1.807, 2.05) is 0 Å². The van der Waals surface area contributed by atoms with Gasteiger partial charge in [-0.05, 0) is 25.7 Å². The molecule has 2 aliphatic heterocycles. The van der Waals surface area contributed by atoms with Crippen LogP contribution in [-0.4, -0.2) is 64.7 Å². The van der Waals surface area contributed by atoms with Crippen molar-refractivity contribution >= 4 is 41.7 Å². The summed E-state index contributed by atoms with van der Waals surface area (Å²) in [5.74, 6) is -2.66. The smallest absolute Gasteiger partial charge is 0.420 e. The van der Waals surface area contributed by atoms with Crippen LogP contribution in [0.5, 0.6) is 0 Å². The number of carbonyl (C=O) groups is 7. The standard InChI is InChI=1S/C28H33N3O10/c32-21(12-6-3-9-19-30-22(33)14-15-23(30)34)29-18-8-2-7-13-26(37)39-27(20-10-4-1-5-11-20)40-28(38)41-31-24(35)16-17-25(31)36/h1,4-5,10-11,14-15,27H,2-3,6-9,12-13,16-19H2,(H,29,32). The van der Waals surface area contributed by atoms with Crippen molar-refractivity contribution in [3.05, 3.63) is 48.0 Å². The number of esters is 1. The van der Waals surface area contributed by atoms with E-state index in [1.165, 1.54) is 17.1 Å².